The molecule has 4 nitrogen and oxygen atoms in total. The Morgan fingerprint density at radius 1 is 1.34 bits per heavy atom. The van der Waals surface area contributed by atoms with Crippen LogP contribution >= 0.6 is 0 Å². The highest BCUT2D eigenvalue weighted by atomic mass is 16.6. The van der Waals surface area contributed by atoms with Crippen LogP contribution in [0, 0.1) is 23.2 Å². The van der Waals surface area contributed by atoms with Crippen LogP contribution in [0.5, 0.6) is 0 Å². The summed E-state index contributed by atoms with van der Waals surface area (Å²) >= 11 is 0. The van der Waals surface area contributed by atoms with Crippen molar-refractivity contribution in [2.24, 2.45) is 23.2 Å². The van der Waals surface area contributed by atoms with E-state index >= 15 is 0 Å². The van der Waals surface area contributed by atoms with Crippen LogP contribution in [0.1, 0.15) is 57.6 Å². The van der Waals surface area contributed by atoms with E-state index in [1.54, 1.807) is 0 Å². The van der Waals surface area contributed by atoms with Crippen molar-refractivity contribution >= 4 is 5.97 Å². The highest BCUT2D eigenvalue weighted by Crippen LogP contribution is 2.57. The molecule has 0 unspecified atom stereocenters. The van der Waals surface area contributed by atoms with E-state index in [1.165, 1.54) is 18.4 Å². The molecule has 0 amide bonds. The van der Waals surface area contributed by atoms with Crippen LogP contribution in [0.3, 0.4) is 0 Å². The number of likely N-dealkylation sites (N-methyl/N-ethyl adjacent to an activating group) is 1. The molecule has 0 spiro atoms. The summed E-state index contributed by atoms with van der Waals surface area (Å²) < 4.78 is 5.90. The topological polar surface area (TPSA) is 49.8 Å². The Morgan fingerprint density at radius 3 is 2.79 bits per heavy atom. The smallest absolute Gasteiger partial charge is 0.310 e. The molecule has 4 heteroatoms. The number of carbonyl (C=O) groups excluding carboxylic acids is 1. The van der Waals surface area contributed by atoms with E-state index in [0.29, 0.717) is 12.5 Å². The van der Waals surface area contributed by atoms with Crippen molar-refractivity contribution in [1.82, 2.24) is 4.90 Å². The molecule has 0 radical (unpaired) electrons. The van der Waals surface area contributed by atoms with Crippen LogP contribution in [0.15, 0.2) is 42.5 Å². The fourth-order valence-corrected chi connectivity index (χ4v) is 6.11. The summed E-state index contributed by atoms with van der Waals surface area (Å²) in [5.74, 6) is 0.599. The van der Waals surface area contributed by atoms with E-state index in [2.05, 4.69) is 18.4 Å². The number of esters is 1. The lowest BCUT2D eigenvalue weighted by Crippen LogP contribution is -2.46. The maximum atomic E-state index is 12.8. The van der Waals surface area contributed by atoms with Crippen molar-refractivity contribution in [3.05, 3.63) is 48.0 Å². The molecule has 1 saturated heterocycles. The maximum absolute atomic E-state index is 12.8. The number of aliphatic hydroxyl groups excluding tert-OH is 1. The predicted octanol–water partition coefficient (Wildman–Crippen LogP) is 4.35. The van der Waals surface area contributed by atoms with Gasteiger partial charge >= 0.3 is 5.97 Å². The van der Waals surface area contributed by atoms with E-state index < -0.39 is 6.10 Å². The largest absolute Gasteiger partial charge is 0.462 e. The Hall–Kier alpha value is -1.65. The molecule has 1 aliphatic heterocycles. The molecule has 158 valence electrons. The minimum absolute atomic E-state index is 0.0439. The first-order chi connectivity index (χ1) is 13.8. The van der Waals surface area contributed by atoms with Gasteiger partial charge in [-0.25, -0.2) is 0 Å². The van der Waals surface area contributed by atoms with Crippen LogP contribution in [-0.2, 0) is 9.53 Å². The number of hydrogen-bond acceptors (Lipinski definition) is 4. The molecule has 7 atom stereocenters. The van der Waals surface area contributed by atoms with Gasteiger partial charge in [0.1, 0.15) is 6.10 Å². The number of allylic oxidation sites excluding steroid dienone is 1. The Kier molecular flexibility index (Phi) is 5.60. The third-order valence-electron chi connectivity index (χ3n) is 8.10. The number of benzene rings is 1. The quantitative estimate of drug-likeness (QED) is 0.593. The van der Waals surface area contributed by atoms with Crippen molar-refractivity contribution < 1.29 is 14.6 Å². The lowest BCUT2D eigenvalue weighted by atomic mass is 9.55. The minimum atomic E-state index is -0.581. The molecule has 3 aliphatic rings. The van der Waals surface area contributed by atoms with Gasteiger partial charge in [-0.1, -0.05) is 49.4 Å². The van der Waals surface area contributed by atoms with E-state index in [-0.39, 0.29) is 35.4 Å². The van der Waals surface area contributed by atoms with Crippen LogP contribution in [-0.4, -0.2) is 41.7 Å². The standard InChI is InChI=1S/C25H35NO3/c1-16-9-8-12-25(3)14-22-19(13-21(16)25)20(24(28)29-22)15-26(4)17(2)23(27)18-10-6-5-7-11-18/h5-7,10-11,17,19-23,27H,1,8-9,12-15H2,2-4H3/t17-,19+,20-,21+,22-,23+,25-/m0/s1. The van der Waals surface area contributed by atoms with Crippen molar-refractivity contribution in [3.8, 4) is 0 Å². The first kappa shape index (κ1) is 20.6. The van der Waals surface area contributed by atoms with Gasteiger partial charge < -0.3 is 9.84 Å². The van der Waals surface area contributed by atoms with Crippen LogP contribution in [0.2, 0.25) is 0 Å². The first-order valence-electron chi connectivity index (χ1n) is 11.1. The van der Waals surface area contributed by atoms with Crippen LogP contribution < -0.4 is 0 Å². The number of carbonyl (C=O) groups is 1. The summed E-state index contributed by atoms with van der Waals surface area (Å²) in [6.07, 6.45) is 4.98. The zero-order valence-corrected chi connectivity index (χ0v) is 18.0. The van der Waals surface area contributed by atoms with Gasteiger partial charge in [0, 0.05) is 18.5 Å². The van der Waals surface area contributed by atoms with Gasteiger partial charge in [-0.2, -0.15) is 0 Å². The number of rotatable bonds is 5. The molecule has 29 heavy (non-hydrogen) atoms. The zero-order valence-electron chi connectivity index (χ0n) is 18.0. The molecule has 1 aromatic rings. The normalized spacial score (nSPS) is 36.3. The summed E-state index contributed by atoms with van der Waals surface area (Å²) in [7, 11) is 2.00. The van der Waals surface area contributed by atoms with Gasteiger partial charge in [0.05, 0.1) is 12.0 Å². The van der Waals surface area contributed by atoms with Crippen molar-refractivity contribution in [2.45, 2.75) is 64.2 Å². The molecule has 1 N–H and O–H groups in total. The Balaban J connectivity index is 1.46. The summed E-state index contributed by atoms with van der Waals surface area (Å²) in [4.78, 5) is 14.9. The molecule has 2 aliphatic carbocycles. The molecule has 1 heterocycles. The van der Waals surface area contributed by atoms with Gasteiger partial charge in [0.2, 0.25) is 0 Å². The second kappa shape index (κ2) is 7.88. The molecule has 1 aromatic carbocycles. The molecular formula is C25H35NO3. The fourth-order valence-electron chi connectivity index (χ4n) is 6.11. The van der Waals surface area contributed by atoms with Gasteiger partial charge in [-0.3, -0.25) is 9.69 Å². The van der Waals surface area contributed by atoms with E-state index in [0.717, 1.165) is 24.8 Å². The van der Waals surface area contributed by atoms with Crippen molar-refractivity contribution in [1.29, 1.82) is 0 Å². The highest BCUT2D eigenvalue weighted by Gasteiger charge is 2.55. The van der Waals surface area contributed by atoms with Crippen molar-refractivity contribution in [2.75, 3.05) is 13.6 Å². The number of nitrogens with zero attached hydrogens (tertiary/aromatic N) is 1. The van der Waals surface area contributed by atoms with Gasteiger partial charge in [0.15, 0.2) is 0 Å². The van der Waals surface area contributed by atoms with E-state index in [1.807, 2.05) is 44.3 Å². The molecule has 3 fully saturated rings. The predicted molar refractivity (Wildman–Crippen MR) is 114 cm³/mol. The molecule has 0 bridgehead atoms. The number of hydrogen-bond donors (Lipinski definition) is 1. The molecule has 0 aromatic heterocycles. The monoisotopic (exact) mass is 397 g/mol. The highest BCUT2D eigenvalue weighted by molar-refractivity contribution is 5.75. The number of aliphatic hydroxyl groups is 1. The molecule has 2 saturated carbocycles. The minimum Gasteiger partial charge on any atom is -0.462 e. The third kappa shape index (κ3) is 3.77. The van der Waals surface area contributed by atoms with Crippen LogP contribution in [0.4, 0.5) is 0 Å². The summed E-state index contributed by atoms with van der Waals surface area (Å²) in [5, 5.41) is 10.8. The SMILES string of the molecule is C=C1CCC[C@@]2(C)C[C@@H]3OC(=O)[C@@H](CN(C)[C@@H](C)[C@@H](O)c4ccccc4)[C@H]3C[C@H]12. The van der Waals surface area contributed by atoms with Gasteiger partial charge in [-0.15, -0.1) is 0 Å². The number of fused-ring (bicyclic) bond motifs is 2. The molecular weight excluding hydrogens is 362 g/mol. The Morgan fingerprint density at radius 2 is 2.07 bits per heavy atom. The lowest BCUT2D eigenvalue weighted by molar-refractivity contribution is -0.146. The Bertz CT molecular complexity index is 763. The fraction of sp³-hybridized carbons (Fsp3) is 0.640. The van der Waals surface area contributed by atoms with E-state index in [9.17, 15) is 9.90 Å². The van der Waals surface area contributed by atoms with Gasteiger partial charge in [-0.05, 0) is 63.0 Å². The van der Waals surface area contributed by atoms with Gasteiger partial charge in [0.25, 0.3) is 0 Å². The average Bonchev–Trinajstić information content (AvgIpc) is 2.99. The summed E-state index contributed by atoms with van der Waals surface area (Å²) in [6.45, 7) is 9.39. The maximum Gasteiger partial charge on any atom is 0.310 e. The third-order valence-corrected chi connectivity index (χ3v) is 8.10. The zero-order chi connectivity index (χ0) is 20.8. The van der Waals surface area contributed by atoms with E-state index in [4.69, 9.17) is 4.74 Å². The van der Waals surface area contributed by atoms with Crippen LogP contribution in [0.25, 0.3) is 0 Å². The van der Waals surface area contributed by atoms with Crippen molar-refractivity contribution in [3.63, 3.8) is 0 Å². The summed E-state index contributed by atoms with van der Waals surface area (Å²) in [5.41, 5.74) is 2.51. The lowest BCUT2D eigenvalue weighted by Gasteiger charge is -2.50. The molecule has 4 rings (SSSR count). The summed E-state index contributed by atoms with van der Waals surface area (Å²) in [6, 6.07) is 9.66. The average molecular weight is 398 g/mol. The Labute approximate surface area is 174 Å². The second-order valence-corrected chi connectivity index (χ2v) is 9.94. The number of ether oxygens (including phenoxy) is 1. The second-order valence-electron chi connectivity index (χ2n) is 9.94. The first-order valence-corrected chi connectivity index (χ1v) is 11.1.